The summed E-state index contributed by atoms with van der Waals surface area (Å²) in [5.74, 6) is 0.235. The van der Waals surface area contributed by atoms with Crippen LogP contribution in [0.15, 0.2) is 34.6 Å². The quantitative estimate of drug-likeness (QED) is 0.747. The molecule has 0 unspecified atom stereocenters. The molecule has 0 atom stereocenters. The van der Waals surface area contributed by atoms with Crippen LogP contribution in [0.4, 0.5) is 5.82 Å². The van der Waals surface area contributed by atoms with E-state index in [9.17, 15) is 4.79 Å². The first kappa shape index (κ1) is 9.91. The summed E-state index contributed by atoms with van der Waals surface area (Å²) in [6.07, 6.45) is 2.82. The van der Waals surface area contributed by atoms with Gasteiger partial charge in [-0.3, -0.25) is 4.79 Å². The van der Waals surface area contributed by atoms with Gasteiger partial charge in [0.15, 0.2) is 0 Å². The SMILES string of the molecule is O=C(Nc1ncnc2sccc12)c1ccno1. The molecule has 3 aromatic heterocycles. The van der Waals surface area contributed by atoms with Crippen molar-refractivity contribution in [2.75, 3.05) is 5.32 Å². The second-order valence-corrected chi connectivity index (χ2v) is 4.09. The second-order valence-electron chi connectivity index (χ2n) is 3.19. The molecule has 17 heavy (non-hydrogen) atoms. The third-order valence-corrected chi connectivity index (χ3v) is 2.98. The first-order valence-corrected chi connectivity index (χ1v) is 5.63. The number of amides is 1. The second kappa shape index (κ2) is 3.95. The van der Waals surface area contributed by atoms with Crippen molar-refractivity contribution in [3.05, 3.63) is 35.8 Å². The summed E-state index contributed by atoms with van der Waals surface area (Å²) in [6, 6.07) is 3.34. The summed E-state index contributed by atoms with van der Waals surface area (Å²) < 4.78 is 4.76. The van der Waals surface area contributed by atoms with Gasteiger partial charge in [-0.05, 0) is 11.4 Å². The minimum absolute atomic E-state index is 0.145. The number of hydrogen-bond acceptors (Lipinski definition) is 6. The standard InChI is InChI=1S/C10H6N4O2S/c15-9(7-1-3-13-16-7)14-8-6-2-4-17-10(6)12-5-11-8/h1-5H,(H,11,12,14,15). The summed E-state index contributed by atoms with van der Waals surface area (Å²) in [4.78, 5) is 20.7. The van der Waals surface area contributed by atoms with Crippen LogP contribution >= 0.6 is 11.3 Å². The van der Waals surface area contributed by atoms with Crippen LogP contribution in [0.1, 0.15) is 10.6 Å². The lowest BCUT2D eigenvalue weighted by Gasteiger charge is -2.01. The zero-order chi connectivity index (χ0) is 11.7. The fourth-order valence-electron chi connectivity index (χ4n) is 1.39. The Kier molecular flexibility index (Phi) is 2.30. The Morgan fingerprint density at radius 1 is 1.35 bits per heavy atom. The highest BCUT2D eigenvalue weighted by Crippen LogP contribution is 2.23. The maximum absolute atomic E-state index is 11.7. The lowest BCUT2D eigenvalue weighted by Crippen LogP contribution is -2.12. The van der Waals surface area contributed by atoms with Crippen LogP contribution in [-0.2, 0) is 0 Å². The molecule has 0 saturated carbocycles. The van der Waals surface area contributed by atoms with Crippen LogP contribution in [0.3, 0.4) is 0 Å². The Labute approximate surface area is 99.3 Å². The van der Waals surface area contributed by atoms with E-state index < -0.39 is 0 Å². The molecule has 0 aliphatic rings. The molecular formula is C10H6N4O2S. The summed E-state index contributed by atoms with van der Waals surface area (Å²) in [7, 11) is 0. The third-order valence-electron chi connectivity index (χ3n) is 2.16. The summed E-state index contributed by atoms with van der Waals surface area (Å²) in [6.45, 7) is 0. The lowest BCUT2D eigenvalue weighted by atomic mass is 10.3. The average molecular weight is 246 g/mol. The molecule has 0 radical (unpaired) electrons. The molecule has 0 saturated heterocycles. The molecule has 7 heteroatoms. The van der Waals surface area contributed by atoms with E-state index in [1.165, 1.54) is 29.9 Å². The first-order valence-electron chi connectivity index (χ1n) is 4.75. The molecule has 3 heterocycles. The van der Waals surface area contributed by atoms with Crippen LogP contribution in [0.25, 0.3) is 10.2 Å². The summed E-state index contributed by atoms with van der Waals surface area (Å²) >= 11 is 1.49. The molecule has 0 fully saturated rings. The Hall–Kier alpha value is -2.28. The average Bonchev–Trinajstić information content (AvgIpc) is 3.00. The molecule has 0 aliphatic heterocycles. The van der Waals surface area contributed by atoms with Gasteiger partial charge in [0.05, 0.1) is 11.6 Å². The highest BCUT2D eigenvalue weighted by Gasteiger charge is 2.13. The predicted molar refractivity (Wildman–Crippen MR) is 61.9 cm³/mol. The fraction of sp³-hybridized carbons (Fsp3) is 0. The number of rotatable bonds is 2. The van der Waals surface area contributed by atoms with Gasteiger partial charge in [-0.25, -0.2) is 9.97 Å². The predicted octanol–water partition coefficient (Wildman–Crippen LogP) is 1.93. The Morgan fingerprint density at radius 3 is 3.12 bits per heavy atom. The van der Waals surface area contributed by atoms with E-state index in [4.69, 9.17) is 4.52 Å². The molecule has 0 aliphatic carbocycles. The van der Waals surface area contributed by atoms with Gasteiger partial charge in [0.1, 0.15) is 17.0 Å². The number of nitrogens with zero attached hydrogens (tertiary/aromatic N) is 3. The van der Waals surface area contributed by atoms with Gasteiger partial charge < -0.3 is 9.84 Å². The van der Waals surface area contributed by atoms with Gasteiger partial charge in [0.25, 0.3) is 5.91 Å². The maximum Gasteiger partial charge on any atom is 0.295 e. The van der Waals surface area contributed by atoms with E-state index in [2.05, 4.69) is 20.4 Å². The highest BCUT2D eigenvalue weighted by molar-refractivity contribution is 7.16. The van der Waals surface area contributed by atoms with Gasteiger partial charge in [0.2, 0.25) is 5.76 Å². The zero-order valence-corrected chi connectivity index (χ0v) is 9.27. The minimum Gasteiger partial charge on any atom is -0.351 e. The van der Waals surface area contributed by atoms with Gasteiger partial charge in [-0.1, -0.05) is 5.16 Å². The van der Waals surface area contributed by atoms with Crippen LogP contribution in [0, 0.1) is 0 Å². The fourth-order valence-corrected chi connectivity index (χ4v) is 2.12. The third kappa shape index (κ3) is 1.76. The van der Waals surface area contributed by atoms with E-state index in [0.717, 1.165) is 10.2 Å². The Bertz CT molecular complexity index is 662. The molecule has 0 bridgehead atoms. The number of hydrogen-bond donors (Lipinski definition) is 1. The number of carbonyl (C=O) groups is 1. The van der Waals surface area contributed by atoms with E-state index in [1.54, 1.807) is 0 Å². The van der Waals surface area contributed by atoms with E-state index in [0.29, 0.717) is 5.82 Å². The number of anilines is 1. The number of carbonyl (C=O) groups excluding carboxylic acids is 1. The zero-order valence-electron chi connectivity index (χ0n) is 8.45. The maximum atomic E-state index is 11.7. The molecule has 1 N–H and O–H groups in total. The van der Waals surface area contributed by atoms with E-state index in [1.807, 2.05) is 11.4 Å². The van der Waals surface area contributed by atoms with Crippen LogP contribution < -0.4 is 5.32 Å². The van der Waals surface area contributed by atoms with Crippen LogP contribution in [0.2, 0.25) is 0 Å². The van der Waals surface area contributed by atoms with Crippen molar-refractivity contribution in [1.29, 1.82) is 0 Å². The first-order chi connectivity index (χ1) is 8.34. The number of thiophene rings is 1. The van der Waals surface area contributed by atoms with Gasteiger partial charge in [-0.15, -0.1) is 11.3 Å². The Morgan fingerprint density at radius 2 is 2.29 bits per heavy atom. The van der Waals surface area contributed by atoms with Crippen molar-refractivity contribution in [1.82, 2.24) is 15.1 Å². The van der Waals surface area contributed by atoms with E-state index in [-0.39, 0.29) is 11.7 Å². The van der Waals surface area contributed by atoms with E-state index >= 15 is 0 Å². The van der Waals surface area contributed by atoms with Crippen LogP contribution in [0.5, 0.6) is 0 Å². The van der Waals surface area contributed by atoms with Crippen molar-refractivity contribution >= 4 is 33.3 Å². The molecule has 0 spiro atoms. The molecule has 6 nitrogen and oxygen atoms in total. The summed E-state index contributed by atoms with van der Waals surface area (Å²) in [5, 5.41) is 8.83. The van der Waals surface area contributed by atoms with Gasteiger partial charge in [-0.2, -0.15) is 0 Å². The monoisotopic (exact) mass is 246 g/mol. The van der Waals surface area contributed by atoms with Crippen molar-refractivity contribution in [2.24, 2.45) is 0 Å². The molecule has 3 rings (SSSR count). The van der Waals surface area contributed by atoms with Gasteiger partial charge in [0, 0.05) is 6.07 Å². The highest BCUT2D eigenvalue weighted by atomic mass is 32.1. The van der Waals surface area contributed by atoms with Crippen molar-refractivity contribution in [2.45, 2.75) is 0 Å². The Balaban J connectivity index is 1.95. The smallest absolute Gasteiger partial charge is 0.295 e. The topological polar surface area (TPSA) is 80.9 Å². The number of fused-ring (bicyclic) bond motifs is 1. The normalized spacial score (nSPS) is 10.6. The molecule has 0 aromatic carbocycles. The molecule has 3 aromatic rings. The van der Waals surface area contributed by atoms with Crippen LogP contribution in [-0.4, -0.2) is 21.0 Å². The van der Waals surface area contributed by atoms with Crippen molar-refractivity contribution < 1.29 is 9.32 Å². The molecule has 84 valence electrons. The largest absolute Gasteiger partial charge is 0.351 e. The molecule has 1 amide bonds. The molecular weight excluding hydrogens is 240 g/mol. The summed E-state index contributed by atoms with van der Waals surface area (Å²) in [5.41, 5.74) is 0. The number of aromatic nitrogens is 3. The van der Waals surface area contributed by atoms with Gasteiger partial charge >= 0.3 is 0 Å². The number of nitrogens with one attached hydrogen (secondary N) is 1. The lowest BCUT2D eigenvalue weighted by molar-refractivity contribution is 0.0987. The van der Waals surface area contributed by atoms with Crippen molar-refractivity contribution in [3.63, 3.8) is 0 Å². The minimum atomic E-state index is -0.381. The van der Waals surface area contributed by atoms with Crippen molar-refractivity contribution in [3.8, 4) is 0 Å².